The molecule has 3 saturated carbocycles. The van der Waals surface area contributed by atoms with Crippen molar-refractivity contribution in [3.05, 3.63) is 23.8 Å². The number of ether oxygens (including phenoxy) is 3. The van der Waals surface area contributed by atoms with Crippen molar-refractivity contribution in [3.63, 3.8) is 0 Å². The van der Waals surface area contributed by atoms with Crippen molar-refractivity contribution >= 4 is 5.78 Å². The lowest BCUT2D eigenvalue weighted by Gasteiger charge is -2.61. The Labute approximate surface area is 184 Å². The van der Waals surface area contributed by atoms with Crippen LogP contribution >= 0.6 is 0 Å². The van der Waals surface area contributed by atoms with Crippen LogP contribution < -0.4 is 0 Å². The Morgan fingerprint density at radius 1 is 1.19 bits per heavy atom. The number of ketones is 1. The molecule has 0 heterocycles. The van der Waals surface area contributed by atoms with E-state index in [1.807, 2.05) is 13.0 Å². The molecule has 4 rings (SSSR count). The number of aliphatic hydroxyl groups excluding tert-OH is 2. The van der Waals surface area contributed by atoms with E-state index < -0.39 is 34.4 Å². The van der Waals surface area contributed by atoms with Gasteiger partial charge >= 0.3 is 0 Å². The molecule has 0 aromatic heterocycles. The number of carbonyl (C=O) groups excluding carboxylic acids is 1. The number of fused-ring (bicyclic) bond motifs is 5. The van der Waals surface area contributed by atoms with E-state index in [1.54, 1.807) is 12.2 Å². The van der Waals surface area contributed by atoms with Gasteiger partial charge in [0.25, 0.3) is 0 Å². The van der Waals surface area contributed by atoms with E-state index in [1.165, 1.54) is 21.3 Å². The first-order chi connectivity index (χ1) is 14.5. The van der Waals surface area contributed by atoms with Crippen LogP contribution in [-0.4, -0.2) is 72.6 Å². The average Bonchev–Trinajstić information content (AvgIpc) is 2.93. The van der Waals surface area contributed by atoms with Crippen molar-refractivity contribution in [1.29, 1.82) is 0 Å². The average molecular weight is 437 g/mol. The summed E-state index contributed by atoms with van der Waals surface area (Å²) in [5.41, 5.74) is -1.97. The van der Waals surface area contributed by atoms with E-state index in [9.17, 15) is 20.1 Å². The zero-order chi connectivity index (χ0) is 22.8. The van der Waals surface area contributed by atoms with Crippen molar-refractivity contribution in [2.24, 2.45) is 28.6 Å². The second kappa shape index (κ2) is 7.47. The fourth-order valence-electron chi connectivity index (χ4n) is 7.84. The van der Waals surface area contributed by atoms with Crippen LogP contribution in [0.1, 0.15) is 39.5 Å². The first-order valence-electron chi connectivity index (χ1n) is 11.2. The molecule has 7 heteroatoms. The smallest absolute Gasteiger partial charge is 0.224 e. The second-order valence-electron chi connectivity index (χ2n) is 10.3. The third-order valence-electron chi connectivity index (χ3n) is 9.29. The third kappa shape index (κ3) is 2.77. The van der Waals surface area contributed by atoms with Gasteiger partial charge in [0.05, 0.1) is 12.2 Å². The second-order valence-corrected chi connectivity index (χ2v) is 10.3. The lowest BCUT2D eigenvalue weighted by molar-refractivity contribution is -0.364. The molecule has 8 atom stereocenters. The van der Waals surface area contributed by atoms with Crippen molar-refractivity contribution in [3.8, 4) is 0 Å². The molecule has 0 amide bonds. The minimum atomic E-state index is -1.77. The number of methoxy groups -OCH3 is 3. The van der Waals surface area contributed by atoms with E-state index >= 15 is 0 Å². The number of carbonyl (C=O) groups is 1. The molecule has 0 aromatic rings. The van der Waals surface area contributed by atoms with E-state index in [2.05, 4.69) is 6.92 Å². The summed E-state index contributed by atoms with van der Waals surface area (Å²) in [6.07, 6.45) is 5.68. The van der Waals surface area contributed by atoms with E-state index in [0.717, 1.165) is 18.4 Å². The van der Waals surface area contributed by atoms with Crippen LogP contribution in [0.25, 0.3) is 0 Å². The lowest BCUT2D eigenvalue weighted by Crippen LogP contribution is -2.72. The van der Waals surface area contributed by atoms with Crippen LogP contribution in [0.15, 0.2) is 23.8 Å². The van der Waals surface area contributed by atoms with Gasteiger partial charge in [-0.05, 0) is 49.7 Å². The molecule has 0 saturated heterocycles. The van der Waals surface area contributed by atoms with Crippen molar-refractivity contribution < 1.29 is 34.3 Å². The highest BCUT2D eigenvalue weighted by atomic mass is 16.7. The van der Waals surface area contributed by atoms with Gasteiger partial charge in [0.15, 0.2) is 11.4 Å². The summed E-state index contributed by atoms with van der Waals surface area (Å²) < 4.78 is 16.7. The Bertz CT molecular complexity index is 802. The third-order valence-corrected chi connectivity index (χ3v) is 9.29. The molecular formula is C24H36O7. The van der Waals surface area contributed by atoms with E-state index in [-0.39, 0.29) is 36.6 Å². The fraction of sp³-hybridized carbons (Fsp3) is 0.792. The maximum absolute atomic E-state index is 12.1. The first-order valence-corrected chi connectivity index (χ1v) is 11.2. The number of hydrogen-bond acceptors (Lipinski definition) is 7. The molecule has 0 aliphatic heterocycles. The summed E-state index contributed by atoms with van der Waals surface area (Å²) in [5, 5.41) is 34.9. The Balaban J connectivity index is 1.79. The molecule has 0 spiro atoms. The maximum atomic E-state index is 12.1. The Morgan fingerprint density at radius 3 is 2.48 bits per heavy atom. The summed E-state index contributed by atoms with van der Waals surface area (Å²) in [5.74, 6) is -1.64. The highest BCUT2D eigenvalue weighted by molar-refractivity contribution is 6.01. The number of allylic oxidation sites excluding steroid dienone is 4. The Morgan fingerprint density at radius 2 is 1.87 bits per heavy atom. The molecule has 0 radical (unpaired) electrons. The van der Waals surface area contributed by atoms with Gasteiger partial charge in [-0.2, -0.15) is 0 Å². The standard InChI is InChI=1S/C24H36O7/c1-21-9-8-15(25)10-14(21)6-7-16-17-11-19(27)24(28,23(30-4,31-5)13-29-3)22(17,2)12-18(26)20(16)21/h8-10,16-20,26-28H,6-7,11-13H2,1-5H3/t16?,17?,18-,19+,20+,21-,22-,24+/m0/s1. The van der Waals surface area contributed by atoms with Gasteiger partial charge in [-0.3, -0.25) is 4.79 Å². The zero-order valence-corrected chi connectivity index (χ0v) is 19.1. The molecule has 3 fully saturated rings. The van der Waals surface area contributed by atoms with Gasteiger partial charge in [-0.25, -0.2) is 0 Å². The largest absolute Gasteiger partial charge is 0.393 e. The van der Waals surface area contributed by atoms with E-state index in [4.69, 9.17) is 14.2 Å². The zero-order valence-electron chi connectivity index (χ0n) is 19.1. The number of hydrogen-bond donors (Lipinski definition) is 3. The van der Waals surface area contributed by atoms with Crippen molar-refractivity contribution in [2.45, 2.75) is 63.1 Å². The van der Waals surface area contributed by atoms with E-state index in [0.29, 0.717) is 6.42 Å². The van der Waals surface area contributed by atoms with Crippen LogP contribution in [0.2, 0.25) is 0 Å². The summed E-state index contributed by atoms with van der Waals surface area (Å²) >= 11 is 0. The van der Waals surface area contributed by atoms with Crippen molar-refractivity contribution in [2.75, 3.05) is 27.9 Å². The number of rotatable bonds is 5. The molecule has 0 aromatic carbocycles. The molecule has 174 valence electrons. The topological polar surface area (TPSA) is 105 Å². The van der Waals surface area contributed by atoms with Gasteiger partial charge in [-0.15, -0.1) is 0 Å². The minimum absolute atomic E-state index is 0.00346. The molecule has 2 unspecified atom stereocenters. The highest BCUT2D eigenvalue weighted by Crippen LogP contribution is 2.68. The molecular weight excluding hydrogens is 400 g/mol. The first kappa shape index (κ1) is 23.1. The molecule has 7 nitrogen and oxygen atoms in total. The normalized spacial score (nSPS) is 46.9. The highest BCUT2D eigenvalue weighted by Gasteiger charge is 2.75. The lowest BCUT2D eigenvalue weighted by atomic mass is 9.46. The summed E-state index contributed by atoms with van der Waals surface area (Å²) in [4.78, 5) is 12.0. The molecule has 4 aliphatic carbocycles. The quantitative estimate of drug-likeness (QED) is 0.562. The number of aliphatic hydroxyl groups is 3. The molecule has 0 bridgehead atoms. The van der Waals surface area contributed by atoms with Crippen LogP contribution in [0.5, 0.6) is 0 Å². The van der Waals surface area contributed by atoms with Gasteiger partial charge < -0.3 is 29.5 Å². The van der Waals surface area contributed by atoms with Gasteiger partial charge in [0.1, 0.15) is 6.61 Å². The summed E-state index contributed by atoms with van der Waals surface area (Å²) in [6.45, 7) is 3.97. The summed E-state index contributed by atoms with van der Waals surface area (Å²) in [6, 6.07) is 0. The van der Waals surface area contributed by atoms with Gasteiger partial charge in [0.2, 0.25) is 5.79 Å². The van der Waals surface area contributed by atoms with Gasteiger partial charge in [0, 0.05) is 38.1 Å². The maximum Gasteiger partial charge on any atom is 0.224 e. The minimum Gasteiger partial charge on any atom is -0.393 e. The monoisotopic (exact) mass is 436 g/mol. The Kier molecular flexibility index (Phi) is 5.56. The van der Waals surface area contributed by atoms with Crippen LogP contribution in [0.4, 0.5) is 0 Å². The van der Waals surface area contributed by atoms with Crippen LogP contribution in [0, 0.1) is 28.6 Å². The van der Waals surface area contributed by atoms with Crippen molar-refractivity contribution in [1.82, 2.24) is 0 Å². The molecule has 31 heavy (non-hydrogen) atoms. The SMILES string of the molecule is COCC(OC)(OC)[C@@]1(O)[C@H](O)CC2C3CCC4=CC(=O)C=C[C@]4(C)[C@H]3[C@@H](O)C[C@@]21C. The molecule has 4 aliphatic rings. The predicted octanol–water partition coefficient (Wildman–Crippen LogP) is 1.60. The van der Waals surface area contributed by atoms with Crippen LogP contribution in [-0.2, 0) is 19.0 Å². The van der Waals surface area contributed by atoms with Crippen LogP contribution in [0.3, 0.4) is 0 Å². The summed E-state index contributed by atoms with van der Waals surface area (Å²) in [7, 11) is 4.37. The van der Waals surface area contributed by atoms with Gasteiger partial charge in [-0.1, -0.05) is 25.5 Å². The predicted molar refractivity (Wildman–Crippen MR) is 113 cm³/mol. The molecule has 3 N–H and O–H groups in total. The Hall–Kier alpha value is -1.09. The fourth-order valence-corrected chi connectivity index (χ4v) is 7.84.